The Kier molecular flexibility index (Phi) is 5.69. The lowest BCUT2D eigenvalue weighted by Crippen LogP contribution is -2.48. The molecule has 0 spiro atoms. The average molecular weight is 446 g/mol. The van der Waals surface area contributed by atoms with Gasteiger partial charge < -0.3 is 9.80 Å². The predicted molar refractivity (Wildman–Crippen MR) is 128 cm³/mol. The molecule has 2 atom stereocenters. The van der Waals surface area contributed by atoms with Gasteiger partial charge in [0.15, 0.2) is 0 Å². The third-order valence-corrected chi connectivity index (χ3v) is 7.61. The van der Waals surface area contributed by atoms with Crippen LogP contribution in [0.15, 0.2) is 42.5 Å². The highest BCUT2D eigenvalue weighted by atomic mass is 16.2. The fourth-order valence-corrected chi connectivity index (χ4v) is 5.47. The third-order valence-electron chi connectivity index (χ3n) is 7.61. The summed E-state index contributed by atoms with van der Waals surface area (Å²) >= 11 is 0. The van der Waals surface area contributed by atoms with Crippen molar-refractivity contribution in [3.05, 3.63) is 59.2 Å². The van der Waals surface area contributed by atoms with Crippen molar-refractivity contribution in [3.8, 4) is 0 Å². The molecule has 6 heteroatoms. The Morgan fingerprint density at radius 2 is 1.45 bits per heavy atom. The van der Waals surface area contributed by atoms with Gasteiger partial charge in [-0.2, -0.15) is 0 Å². The lowest BCUT2D eigenvalue weighted by Gasteiger charge is -2.36. The summed E-state index contributed by atoms with van der Waals surface area (Å²) in [5.41, 5.74) is 4.80. The summed E-state index contributed by atoms with van der Waals surface area (Å²) in [6.45, 7) is 7.07. The molecule has 0 aromatic heterocycles. The van der Waals surface area contributed by atoms with Crippen LogP contribution >= 0.6 is 0 Å². The molecule has 0 bridgehead atoms. The van der Waals surface area contributed by atoms with Gasteiger partial charge in [-0.25, -0.2) is 0 Å². The first kappa shape index (κ1) is 21.7. The van der Waals surface area contributed by atoms with Gasteiger partial charge >= 0.3 is 0 Å². The normalized spacial score (nSPS) is 23.2. The molecule has 0 N–H and O–H groups in total. The summed E-state index contributed by atoms with van der Waals surface area (Å²) in [6, 6.07) is 13.5. The number of piperazine rings is 1. The van der Waals surface area contributed by atoms with Crippen LogP contribution in [0.2, 0.25) is 0 Å². The molecule has 3 fully saturated rings. The largest absolute Gasteiger partial charge is 0.368 e. The topological polar surface area (TPSA) is 60.9 Å². The Morgan fingerprint density at radius 1 is 0.788 bits per heavy atom. The number of imide groups is 1. The number of anilines is 2. The summed E-state index contributed by atoms with van der Waals surface area (Å²) in [6.07, 6.45) is 3.58. The molecule has 6 nitrogen and oxygen atoms in total. The molecule has 2 saturated heterocycles. The Hall–Kier alpha value is -3.15. The molecule has 2 aliphatic heterocycles. The minimum absolute atomic E-state index is 0.0481. The molecule has 33 heavy (non-hydrogen) atoms. The molecule has 2 aromatic rings. The molecule has 172 valence electrons. The molecule has 2 heterocycles. The zero-order valence-electron chi connectivity index (χ0n) is 19.4. The molecule has 2 unspecified atom stereocenters. The second-order valence-corrected chi connectivity index (χ2v) is 9.61. The quantitative estimate of drug-likeness (QED) is 0.672. The fraction of sp³-hybridized carbons (Fsp3) is 0.444. The van der Waals surface area contributed by atoms with Crippen LogP contribution in [-0.4, -0.2) is 48.8 Å². The van der Waals surface area contributed by atoms with E-state index in [0.717, 1.165) is 38.8 Å². The minimum atomic E-state index is -0.191. The van der Waals surface area contributed by atoms with E-state index in [1.807, 2.05) is 4.90 Å². The van der Waals surface area contributed by atoms with E-state index < -0.39 is 0 Å². The SMILES string of the molecule is Cc1ccc(N2CCN(C(=O)c3cccc(N4C(=O)C5CCCCC5C4=O)c3)CC2)cc1C. The van der Waals surface area contributed by atoms with Gasteiger partial charge in [-0.05, 0) is 68.1 Å². The maximum Gasteiger partial charge on any atom is 0.254 e. The summed E-state index contributed by atoms with van der Waals surface area (Å²) in [5.74, 6) is -0.631. The van der Waals surface area contributed by atoms with Crippen LogP contribution in [-0.2, 0) is 9.59 Å². The number of nitrogens with zero attached hydrogens (tertiary/aromatic N) is 3. The molecule has 0 radical (unpaired) electrons. The van der Waals surface area contributed by atoms with E-state index in [9.17, 15) is 14.4 Å². The predicted octanol–water partition coefficient (Wildman–Crippen LogP) is 3.95. The number of aryl methyl sites for hydroxylation is 2. The van der Waals surface area contributed by atoms with Crippen molar-refractivity contribution in [1.82, 2.24) is 4.90 Å². The molecule has 2 aromatic carbocycles. The van der Waals surface area contributed by atoms with Crippen molar-refractivity contribution in [2.24, 2.45) is 11.8 Å². The first-order chi connectivity index (χ1) is 15.9. The van der Waals surface area contributed by atoms with Gasteiger partial charge in [0, 0.05) is 37.4 Å². The second-order valence-electron chi connectivity index (χ2n) is 9.61. The van der Waals surface area contributed by atoms with E-state index in [1.54, 1.807) is 24.3 Å². The Balaban J connectivity index is 1.28. The van der Waals surface area contributed by atoms with E-state index in [-0.39, 0.29) is 29.6 Å². The summed E-state index contributed by atoms with van der Waals surface area (Å²) < 4.78 is 0. The van der Waals surface area contributed by atoms with Crippen LogP contribution in [0.25, 0.3) is 0 Å². The minimum Gasteiger partial charge on any atom is -0.368 e. The van der Waals surface area contributed by atoms with Gasteiger partial charge in [-0.15, -0.1) is 0 Å². The number of rotatable bonds is 3. The van der Waals surface area contributed by atoms with Crippen molar-refractivity contribution in [2.75, 3.05) is 36.0 Å². The molecule has 3 amide bonds. The number of hydrogen-bond acceptors (Lipinski definition) is 4. The fourth-order valence-electron chi connectivity index (χ4n) is 5.47. The highest BCUT2D eigenvalue weighted by molar-refractivity contribution is 6.22. The van der Waals surface area contributed by atoms with Gasteiger partial charge in [0.1, 0.15) is 0 Å². The second kappa shape index (κ2) is 8.65. The summed E-state index contributed by atoms with van der Waals surface area (Å²) in [7, 11) is 0. The van der Waals surface area contributed by atoms with Gasteiger partial charge in [-0.1, -0.05) is 25.0 Å². The Bertz CT molecular complexity index is 1080. The average Bonchev–Trinajstić information content (AvgIpc) is 3.10. The van der Waals surface area contributed by atoms with E-state index in [2.05, 4.69) is 36.9 Å². The maximum atomic E-state index is 13.2. The lowest BCUT2D eigenvalue weighted by atomic mass is 9.81. The van der Waals surface area contributed by atoms with Crippen LogP contribution in [0.5, 0.6) is 0 Å². The van der Waals surface area contributed by atoms with Crippen molar-refractivity contribution in [2.45, 2.75) is 39.5 Å². The van der Waals surface area contributed by atoms with Gasteiger partial charge in [0.25, 0.3) is 5.91 Å². The Morgan fingerprint density at radius 3 is 2.09 bits per heavy atom. The maximum absolute atomic E-state index is 13.2. The highest BCUT2D eigenvalue weighted by Gasteiger charge is 2.48. The van der Waals surface area contributed by atoms with E-state index in [4.69, 9.17) is 0 Å². The molecular weight excluding hydrogens is 414 g/mol. The smallest absolute Gasteiger partial charge is 0.254 e. The third kappa shape index (κ3) is 3.92. The van der Waals surface area contributed by atoms with Crippen LogP contribution in [0, 0.1) is 25.7 Å². The highest BCUT2D eigenvalue weighted by Crippen LogP contribution is 2.40. The first-order valence-corrected chi connectivity index (χ1v) is 12.0. The number of carbonyl (C=O) groups is 3. The van der Waals surface area contributed by atoms with Crippen molar-refractivity contribution in [1.29, 1.82) is 0 Å². The number of carbonyl (C=O) groups excluding carboxylic acids is 3. The number of amides is 3. The number of fused-ring (bicyclic) bond motifs is 1. The van der Waals surface area contributed by atoms with Crippen LogP contribution in [0.1, 0.15) is 47.2 Å². The molecule has 1 saturated carbocycles. The van der Waals surface area contributed by atoms with Gasteiger partial charge in [0.2, 0.25) is 11.8 Å². The van der Waals surface area contributed by atoms with Crippen molar-refractivity contribution >= 4 is 29.1 Å². The van der Waals surface area contributed by atoms with E-state index in [0.29, 0.717) is 24.3 Å². The molecule has 3 aliphatic rings. The van der Waals surface area contributed by atoms with Crippen LogP contribution in [0.4, 0.5) is 11.4 Å². The number of hydrogen-bond donors (Lipinski definition) is 0. The van der Waals surface area contributed by atoms with Gasteiger partial charge in [-0.3, -0.25) is 19.3 Å². The standard InChI is InChI=1S/C27H31N3O3/c1-18-10-11-21(16-19(18)2)28-12-14-29(15-13-28)25(31)20-6-5-7-22(17-20)30-26(32)23-8-3-4-9-24(23)27(30)33/h5-7,10-11,16-17,23-24H,3-4,8-9,12-15H2,1-2H3. The molecular formula is C27H31N3O3. The van der Waals surface area contributed by atoms with Crippen molar-refractivity contribution in [3.63, 3.8) is 0 Å². The van der Waals surface area contributed by atoms with Crippen molar-refractivity contribution < 1.29 is 14.4 Å². The molecule has 5 rings (SSSR count). The van der Waals surface area contributed by atoms with E-state index >= 15 is 0 Å². The molecule has 1 aliphatic carbocycles. The van der Waals surface area contributed by atoms with E-state index in [1.165, 1.54) is 21.7 Å². The monoisotopic (exact) mass is 445 g/mol. The van der Waals surface area contributed by atoms with Crippen LogP contribution in [0.3, 0.4) is 0 Å². The number of benzene rings is 2. The summed E-state index contributed by atoms with van der Waals surface area (Å²) in [5, 5.41) is 0. The summed E-state index contributed by atoms with van der Waals surface area (Å²) in [4.78, 5) is 44.7. The van der Waals surface area contributed by atoms with Gasteiger partial charge in [0.05, 0.1) is 17.5 Å². The first-order valence-electron chi connectivity index (χ1n) is 12.0. The zero-order chi connectivity index (χ0) is 23.1. The lowest BCUT2D eigenvalue weighted by molar-refractivity contribution is -0.122. The zero-order valence-corrected chi connectivity index (χ0v) is 19.4. The van der Waals surface area contributed by atoms with Crippen LogP contribution < -0.4 is 9.80 Å². The Labute approximate surface area is 195 Å².